The monoisotopic (exact) mass is 338 g/mol. The van der Waals surface area contributed by atoms with E-state index in [0.29, 0.717) is 12.3 Å². The maximum atomic E-state index is 10.5. The van der Waals surface area contributed by atoms with Gasteiger partial charge in [-0.1, -0.05) is 50.5 Å². The van der Waals surface area contributed by atoms with Crippen LogP contribution < -0.4 is 0 Å². The fraction of sp³-hybridized carbons (Fsp3) is 0.750. The number of aliphatic carboxylic acids is 1. The summed E-state index contributed by atoms with van der Waals surface area (Å²) in [4.78, 5) is 10.5. The predicted octanol–water partition coefficient (Wildman–Crippen LogP) is 4.07. The number of aliphatic hydroxyl groups is 2. The first-order valence-electron chi connectivity index (χ1n) is 9.45. The molecule has 4 nitrogen and oxygen atoms in total. The summed E-state index contributed by atoms with van der Waals surface area (Å²) in [5.74, 6) is -0.221. The summed E-state index contributed by atoms with van der Waals surface area (Å²) in [6.45, 7) is 2.15. The van der Waals surface area contributed by atoms with Crippen LogP contribution in [0.5, 0.6) is 0 Å². The van der Waals surface area contributed by atoms with Crippen molar-refractivity contribution in [2.75, 3.05) is 0 Å². The number of unbranched alkanes of at least 4 members (excludes halogenated alkanes) is 3. The van der Waals surface area contributed by atoms with Crippen LogP contribution in [-0.2, 0) is 4.79 Å². The number of aliphatic hydroxyl groups excluding tert-OH is 2. The van der Waals surface area contributed by atoms with Crippen LogP contribution in [0, 0.1) is 11.8 Å². The Bertz CT molecular complexity index is 402. The minimum absolute atomic E-state index is 0.206. The lowest BCUT2D eigenvalue weighted by Gasteiger charge is -2.18. The zero-order valence-corrected chi connectivity index (χ0v) is 14.9. The molecule has 0 heterocycles. The molecule has 1 aliphatic rings. The minimum atomic E-state index is -0.752. The van der Waals surface area contributed by atoms with Gasteiger partial charge >= 0.3 is 5.97 Å². The van der Waals surface area contributed by atoms with E-state index < -0.39 is 5.97 Å². The second-order valence-electron chi connectivity index (χ2n) is 6.91. The van der Waals surface area contributed by atoms with E-state index >= 15 is 0 Å². The third kappa shape index (κ3) is 8.65. The fourth-order valence-electron chi connectivity index (χ4n) is 3.36. The van der Waals surface area contributed by atoms with E-state index in [-0.39, 0.29) is 24.5 Å². The van der Waals surface area contributed by atoms with Crippen LogP contribution >= 0.6 is 0 Å². The zero-order valence-electron chi connectivity index (χ0n) is 14.9. The van der Waals surface area contributed by atoms with E-state index in [1.165, 1.54) is 0 Å². The molecular formula is C20H34O4. The molecule has 0 aromatic carbocycles. The van der Waals surface area contributed by atoms with Gasteiger partial charge in [0, 0.05) is 6.42 Å². The molecule has 1 rings (SSSR count). The van der Waals surface area contributed by atoms with Crippen LogP contribution in [0.3, 0.4) is 0 Å². The first kappa shape index (κ1) is 20.9. The molecule has 0 unspecified atom stereocenters. The van der Waals surface area contributed by atoms with E-state index in [2.05, 4.69) is 19.1 Å². The van der Waals surface area contributed by atoms with Gasteiger partial charge in [-0.2, -0.15) is 0 Å². The molecule has 1 fully saturated rings. The average molecular weight is 338 g/mol. The molecule has 0 radical (unpaired) electrons. The largest absolute Gasteiger partial charge is 0.481 e. The van der Waals surface area contributed by atoms with Crippen molar-refractivity contribution in [3.8, 4) is 0 Å². The fourth-order valence-corrected chi connectivity index (χ4v) is 3.36. The quantitative estimate of drug-likeness (QED) is 0.370. The Morgan fingerprint density at radius 1 is 1.21 bits per heavy atom. The van der Waals surface area contributed by atoms with Crippen LogP contribution in [0.1, 0.15) is 71.1 Å². The number of hydrogen-bond donors (Lipinski definition) is 3. The van der Waals surface area contributed by atoms with E-state index in [1.807, 2.05) is 12.2 Å². The zero-order chi connectivity index (χ0) is 17.8. The van der Waals surface area contributed by atoms with Crippen LogP contribution in [0.15, 0.2) is 24.3 Å². The Morgan fingerprint density at radius 2 is 2.00 bits per heavy atom. The van der Waals surface area contributed by atoms with Crippen molar-refractivity contribution in [1.29, 1.82) is 0 Å². The van der Waals surface area contributed by atoms with Crippen molar-refractivity contribution in [2.24, 2.45) is 11.8 Å². The number of carbonyl (C=O) groups is 1. The summed E-state index contributed by atoms with van der Waals surface area (Å²) in [5, 5.41) is 28.8. The summed E-state index contributed by atoms with van der Waals surface area (Å²) in [6.07, 6.45) is 15.9. The molecule has 138 valence electrons. The van der Waals surface area contributed by atoms with Gasteiger partial charge in [0.1, 0.15) is 0 Å². The minimum Gasteiger partial charge on any atom is -0.481 e. The molecular weight excluding hydrogens is 304 g/mol. The summed E-state index contributed by atoms with van der Waals surface area (Å²) in [7, 11) is 0. The first-order chi connectivity index (χ1) is 11.5. The van der Waals surface area contributed by atoms with Gasteiger partial charge in [0.15, 0.2) is 0 Å². The standard InChI is InChI=1S/C20H34O4/c1-2-3-6-9-17(21)14-12-16-13-15-19(22)18(16)10-7-4-5-8-11-20(23)24/h4,7,12,14,16-19,21-22H,2-3,5-6,8-11,13,15H2,1H3,(H,23,24)/b7-4-,14-12-/t16-,17-,18+,19+/m0/s1. The lowest BCUT2D eigenvalue weighted by Crippen LogP contribution is -2.17. The van der Waals surface area contributed by atoms with Gasteiger partial charge in [-0.3, -0.25) is 4.79 Å². The Balaban J connectivity index is 2.35. The molecule has 0 saturated heterocycles. The molecule has 0 amide bonds. The highest BCUT2D eigenvalue weighted by Crippen LogP contribution is 2.36. The third-order valence-corrected chi connectivity index (χ3v) is 4.86. The van der Waals surface area contributed by atoms with Crippen molar-refractivity contribution in [2.45, 2.75) is 83.3 Å². The second-order valence-corrected chi connectivity index (χ2v) is 6.91. The Hall–Kier alpha value is -1.13. The van der Waals surface area contributed by atoms with Crippen molar-refractivity contribution < 1.29 is 20.1 Å². The summed E-state index contributed by atoms with van der Waals surface area (Å²) >= 11 is 0. The molecule has 4 heteroatoms. The molecule has 0 bridgehead atoms. The van der Waals surface area contributed by atoms with Crippen molar-refractivity contribution in [1.82, 2.24) is 0 Å². The van der Waals surface area contributed by atoms with Gasteiger partial charge in [0.05, 0.1) is 12.2 Å². The smallest absolute Gasteiger partial charge is 0.303 e. The molecule has 24 heavy (non-hydrogen) atoms. The van der Waals surface area contributed by atoms with Crippen LogP contribution in [0.4, 0.5) is 0 Å². The molecule has 1 aliphatic carbocycles. The highest BCUT2D eigenvalue weighted by molar-refractivity contribution is 5.66. The Morgan fingerprint density at radius 3 is 2.71 bits per heavy atom. The number of rotatable bonds is 12. The van der Waals surface area contributed by atoms with E-state index in [0.717, 1.165) is 51.4 Å². The summed E-state index contributed by atoms with van der Waals surface area (Å²) in [6, 6.07) is 0. The first-order valence-corrected chi connectivity index (χ1v) is 9.45. The molecule has 3 N–H and O–H groups in total. The summed E-state index contributed by atoms with van der Waals surface area (Å²) < 4.78 is 0. The van der Waals surface area contributed by atoms with Crippen LogP contribution in [0.2, 0.25) is 0 Å². The SMILES string of the molecule is CCCCC[C@H](O)/C=C\[C@H]1CC[C@@H](O)[C@@H]1C/C=C\CCCC(=O)O. The molecule has 1 saturated carbocycles. The number of allylic oxidation sites excluding steroid dienone is 3. The molecule has 0 aromatic heterocycles. The van der Waals surface area contributed by atoms with Gasteiger partial charge in [0.25, 0.3) is 0 Å². The van der Waals surface area contributed by atoms with Gasteiger partial charge in [-0.15, -0.1) is 0 Å². The van der Waals surface area contributed by atoms with E-state index in [9.17, 15) is 15.0 Å². The average Bonchev–Trinajstić information content (AvgIpc) is 2.89. The molecule has 4 atom stereocenters. The van der Waals surface area contributed by atoms with Crippen molar-refractivity contribution >= 4 is 5.97 Å². The van der Waals surface area contributed by atoms with E-state index in [1.54, 1.807) is 0 Å². The number of carboxylic acid groups (broad SMARTS) is 1. The molecule has 0 aliphatic heterocycles. The van der Waals surface area contributed by atoms with Crippen molar-refractivity contribution in [3.05, 3.63) is 24.3 Å². The Kier molecular flexibility index (Phi) is 10.7. The van der Waals surface area contributed by atoms with Crippen LogP contribution in [0.25, 0.3) is 0 Å². The third-order valence-electron chi connectivity index (χ3n) is 4.86. The maximum absolute atomic E-state index is 10.5. The molecule has 0 spiro atoms. The highest BCUT2D eigenvalue weighted by Gasteiger charge is 2.32. The van der Waals surface area contributed by atoms with Gasteiger partial charge in [-0.05, 0) is 50.4 Å². The topological polar surface area (TPSA) is 77.8 Å². The normalized spacial score (nSPS) is 25.7. The highest BCUT2D eigenvalue weighted by atomic mass is 16.4. The maximum Gasteiger partial charge on any atom is 0.303 e. The predicted molar refractivity (Wildman–Crippen MR) is 96.8 cm³/mol. The van der Waals surface area contributed by atoms with Crippen molar-refractivity contribution in [3.63, 3.8) is 0 Å². The lowest BCUT2D eigenvalue weighted by atomic mass is 9.90. The lowest BCUT2D eigenvalue weighted by molar-refractivity contribution is -0.137. The molecule has 0 aromatic rings. The van der Waals surface area contributed by atoms with Gasteiger partial charge in [-0.25, -0.2) is 0 Å². The number of carboxylic acids is 1. The van der Waals surface area contributed by atoms with E-state index in [4.69, 9.17) is 5.11 Å². The van der Waals surface area contributed by atoms with Gasteiger partial charge < -0.3 is 15.3 Å². The number of hydrogen-bond acceptors (Lipinski definition) is 3. The second kappa shape index (κ2) is 12.3. The van der Waals surface area contributed by atoms with Gasteiger partial charge in [0.2, 0.25) is 0 Å². The Labute approximate surface area is 146 Å². The summed E-state index contributed by atoms with van der Waals surface area (Å²) in [5.41, 5.74) is 0. The van der Waals surface area contributed by atoms with Crippen LogP contribution in [-0.4, -0.2) is 33.5 Å².